The number of benzene rings is 2. The van der Waals surface area contributed by atoms with E-state index in [1.807, 2.05) is 34.9 Å². The Kier molecular flexibility index (Phi) is 4.11. The number of para-hydroxylation sites is 3. The van der Waals surface area contributed by atoms with Crippen molar-refractivity contribution < 1.29 is 4.92 Å². The number of hydrogen-bond donors (Lipinski definition) is 0. The highest BCUT2D eigenvalue weighted by Crippen LogP contribution is 2.27. The third-order valence-electron chi connectivity index (χ3n) is 3.41. The quantitative estimate of drug-likeness (QED) is 0.404. The van der Waals surface area contributed by atoms with Crippen LogP contribution in [0.4, 0.5) is 5.69 Å². The normalized spacial score (nSPS) is 11.0. The van der Waals surface area contributed by atoms with Gasteiger partial charge in [0.1, 0.15) is 0 Å². The van der Waals surface area contributed by atoms with E-state index in [2.05, 4.69) is 11.9 Å². The third-order valence-corrected chi connectivity index (χ3v) is 4.27. The molecule has 0 N–H and O–H groups in total. The van der Waals surface area contributed by atoms with Gasteiger partial charge in [-0.15, -0.1) is 0 Å². The summed E-state index contributed by atoms with van der Waals surface area (Å²) in [4.78, 5) is 15.5. The fourth-order valence-corrected chi connectivity index (χ4v) is 3.18. The molecule has 0 fully saturated rings. The molecule has 0 atom stereocenters. The molecule has 3 rings (SSSR count). The highest BCUT2D eigenvalue weighted by atomic mass is 32.2. The van der Waals surface area contributed by atoms with Crippen LogP contribution >= 0.6 is 11.8 Å². The predicted octanol–water partition coefficient (Wildman–Crippen LogP) is 4.10. The molecule has 0 radical (unpaired) electrons. The zero-order valence-electron chi connectivity index (χ0n) is 12.1. The van der Waals surface area contributed by atoms with E-state index >= 15 is 0 Å². The van der Waals surface area contributed by atoms with Gasteiger partial charge in [-0.2, -0.15) is 0 Å². The standard InChI is InChI=1S/C16H15N3O2S/c1-2-22-16-17-13-8-4-6-10-15(13)18(16)11-12-7-3-5-9-14(12)19(20)21/h3-10H,2,11H2,1H3. The summed E-state index contributed by atoms with van der Waals surface area (Å²) < 4.78 is 2.05. The molecule has 1 heterocycles. The fraction of sp³-hybridized carbons (Fsp3) is 0.188. The average Bonchev–Trinajstić information content (AvgIpc) is 2.86. The molecule has 6 heteroatoms. The minimum atomic E-state index is -0.332. The first-order chi connectivity index (χ1) is 10.7. The Morgan fingerprint density at radius 3 is 2.68 bits per heavy atom. The van der Waals surface area contributed by atoms with Crippen LogP contribution in [0.2, 0.25) is 0 Å². The number of rotatable bonds is 5. The van der Waals surface area contributed by atoms with Crippen molar-refractivity contribution in [1.82, 2.24) is 9.55 Å². The van der Waals surface area contributed by atoms with Crippen molar-refractivity contribution >= 4 is 28.5 Å². The number of fused-ring (bicyclic) bond motifs is 1. The van der Waals surface area contributed by atoms with E-state index in [9.17, 15) is 10.1 Å². The van der Waals surface area contributed by atoms with Gasteiger partial charge in [-0.05, 0) is 17.9 Å². The summed E-state index contributed by atoms with van der Waals surface area (Å²) in [6.07, 6.45) is 0. The van der Waals surface area contributed by atoms with Gasteiger partial charge in [-0.1, -0.05) is 49.0 Å². The van der Waals surface area contributed by atoms with E-state index in [4.69, 9.17) is 0 Å². The van der Waals surface area contributed by atoms with Crippen LogP contribution < -0.4 is 0 Å². The molecule has 0 aliphatic heterocycles. The Labute approximate surface area is 132 Å². The molecule has 2 aromatic carbocycles. The van der Waals surface area contributed by atoms with Crippen LogP contribution in [0.5, 0.6) is 0 Å². The molecule has 22 heavy (non-hydrogen) atoms. The third kappa shape index (κ3) is 2.69. The van der Waals surface area contributed by atoms with Crippen LogP contribution in [0.3, 0.4) is 0 Å². The lowest BCUT2D eigenvalue weighted by Crippen LogP contribution is -2.04. The van der Waals surface area contributed by atoms with Crippen LogP contribution in [0.25, 0.3) is 11.0 Å². The van der Waals surface area contributed by atoms with Crippen molar-refractivity contribution in [2.75, 3.05) is 5.75 Å². The Bertz CT molecular complexity index is 829. The molecule has 0 unspecified atom stereocenters. The molecule has 0 amide bonds. The van der Waals surface area contributed by atoms with Crippen LogP contribution in [0.15, 0.2) is 53.7 Å². The molecule has 0 saturated carbocycles. The van der Waals surface area contributed by atoms with E-state index in [1.54, 1.807) is 30.0 Å². The minimum Gasteiger partial charge on any atom is -0.314 e. The Hall–Kier alpha value is -2.34. The highest BCUT2D eigenvalue weighted by Gasteiger charge is 2.16. The number of hydrogen-bond acceptors (Lipinski definition) is 4. The lowest BCUT2D eigenvalue weighted by Gasteiger charge is -2.09. The second kappa shape index (κ2) is 6.19. The first kappa shape index (κ1) is 14.6. The van der Waals surface area contributed by atoms with Crippen LogP contribution in [0.1, 0.15) is 12.5 Å². The molecular weight excluding hydrogens is 298 g/mol. The second-order valence-corrected chi connectivity index (χ2v) is 6.02. The van der Waals surface area contributed by atoms with Crippen molar-refractivity contribution in [1.29, 1.82) is 0 Å². The molecule has 0 saturated heterocycles. The van der Waals surface area contributed by atoms with Gasteiger partial charge >= 0.3 is 0 Å². The Balaban J connectivity index is 2.10. The molecular formula is C16H15N3O2S. The Morgan fingerprint density at radius 2 is 1.91 bits per heavy atom. The first-order valence-corrected chi connectivity index (χ1v) is 7.99. The smallest absolute Gasteiger partial charge is 0.274 e. The van der Waals surface area contributed by atoms with Crippen molar-refractivity contribution in [2.45, 2.75) is 18.6 Å². The van der Waals surface area contributed by atoms with Crippen molar-refractivity contribution in [3.8, 4) is 0 Å². The van der Waals surface area contributed by atoms with Crippen LogP contribution in [-0.4, -0.2) is 20.2 Å². The van der Waals surface area contributed by atoms with Gasteiger partial charge in [-0.3, -0.25) is 10.1 Å². The zero-order chi connectivity index (χ0) is 15.5. The van der Waals surface area contributed by atoms with Crippen molar-refractivity contribution in [3.05, 3.63) is 64.2 Å². The molecule has 0 bridgehead atoms. The fourth-order valence-electron chi connectivity index (χ4n) is 2.44. The summed E-state index contributed by atoms with van der Waals surface area (Å²) >= 11 is 1.64. The number of aromatic nitrogens is 2. The van der Waals surface area contributed by atoms with Gasteiger partial charge in [0.15, 0.2) is 5.16 Å². The van der Waals surface area contributed by atoms with E-state index in [0.717, 1.165) is 21.9 Å². The van der Waals surface area contributed by atoms with Crippen molar-refractivity contribution in [2.24, 2.45) is 0 Å². The van der Waals surface area contributed by atoms with Gasteiger partial charge < -0.3 is 4.57 Å². The maximum absolute atomic E-state index is 11.2. The monoisotopic (exact) mass is 313 g/mol. The summed E-state index contributed by atoms with van der Waals surface area (Å²) in [5, 5.41) is 12.1. The minimum absolute atomic E-state index is 0.146. The number of thioether (sulfide) groups is 1. The van der Waals surface area contributed by atoms with E-state index < -0.39 is 0 Å². The maximum atomic E-state index is 11.2. The molecule has 3 aromatic rings. The van der Waals surface area contributed by atoms with E-state index in [0.29, 0.717) is 12.1 Å². The van der Waals surface area contributed by atoms with Crippen LogP contribution in [0, 0.1) is 10.1 Å². The van der Waals surface area contributed by atoms with Gasteiger partial charge in [0.25, 0.3) is 5.69 Å². The highest BCUT2D eigenvalue weighted by molar-refractivity contribution is 7.99. The number of imidazole rings is 1. The number of nitro benzene ring substituents is 1. The SMILES string of the molecule is CCSc1nc2ccccc2n1Cc1ccccc1[N+](=O)[O-]. The maximum Gasteiger partial charge on any atom is 0.274 e. The molecule has 0 spiro atoms. The summed E-state index contributed by atoms with van der Waals surface area (Å²) in [5.74, 6) is 0.903. The van der Waals surface area contributed by atoms with Gasteiger partial charge in [0, 0.05) is 11.6 Å². The second-order valence-electron chi connectivity index (χ2n) is 4.79. The van der Waals surface area contributed by atoms with Gasteiger partial charge in [0.2, 0.25) is 0 Å². The lowest BCUT2D eigenvalue weighted by molar-refractivity contribution is -0.385. The van der Waals surface area contributed by atoms with Gasteiger partial charge in [0.05, 0.1) is 22.5 Å². The predicted molar refractivity (Wildman–Crippen MR) is 88.3 cm³/mol. The van der Waals surface area contributed by atoms with E-state index in [-0.39, 0.29) is 10.6 Å². The largest absolute Gasteiger partial charge is 0.314 e. The number of nitro groups is 1. The molecule has 0 aliphatic rings. The topological polar surface area (TPSA) is 61.0 Å². The van der Waals surface area contributed by atoms with Gasteiger partial charge in [-0.25, -0.2) is 4.98 Å². The van der Waals surface area contributed by atoms with E-state index in [1.165, 1.54) is 0 Å². The first-order valence-electron chi connectivity index (χ1n) is 7.01. The molecule has 0 aliphatic carbocycles. The van der Waals surface area contributed by atoms with Crippen molar-refractivity contribution in [3.63, 3.8) is 0 Å². The lowest BCUT2D eigenvalue weighted by atomic mass is 10.2. The van der Waals surface area contributed by atoms with Crippen LogP contribution in [-0.2, 0) is 6.54 Å². The molecule has 1 aromatic heterocycles. The summed E-state index contributed by atoms with van der Waals surface area (Å²) in [6.45, 7) is 2.51. The average molecular weight is 313 g/mol. The molecule has 112 valence electrons. The summed E-state index contributed by atoms with van der Waals surface area (Å²) in [6, 6.07) is 14.7. The summed E-state index contributed by atoms with van der Waals surface area (Å²) in [5.41, 5.74) is 2.75. The zero-order valence-corrected chi connectivity index (χ0v) is 12.9. The Morgan fingerprint density at radius 1 is 1.18 bits per heavy atom. The molecule has 5 nitrogen and oxygen atoms in total. The number of nitrogens with zero attached hydrogens (tertiary/aromatic N) is 3. The summed E-state index contributed by atoms with van der Waals surface area (Å²) in [7, 11) is 0.